The van der Waals surface area contributed by atoms with E-state index in [2.05, 4.69) is 33.1 Å². The van der Waals surface area contributed by atoms with Crippen LogP contribution in [0.1, 0.15) is 24.3 Å². The van der Waals surface area contributed by atoms with Gasteiger partial charge in [-0.25, -0.2) is 9.97 Å². The molecule has 8 nitrogen and oxygen atoms in total. The number of piperidine rings is 2. The number of ether oxygens (including phenoxy) is 2. The molecule has 5 rings (SSSR count). The molecule has 0 spiro atoms. The minimum atomic E-state index is -0.385. The van der Waals surface area contributed by atoms with E-state index in [0.717, 1.165) is 23.6 Å². The van der Waals surface area contributed by atoms with Gasteiger partial charge in [-0.2, -0.15) is 5.26 Å². The summed E-state index contributed by atoms with van der Waals surface area (Å²) in [5.41, 5.74) is 1.13. The maximum Gasteiger partial charge on any atom is 0.227 e. The number of anilines is 1. The lowest BCUT2D eigenvalue weighted by Crippen LogP contribution is -2.51. The van der Waals surface area contributed by atoms with Crippen molar-refractivity contribution in [3.05, 3.63) is 77.6 Å². The maximum absolute atomic E-state index is 13.8. The monoisotopic (exact) mass is 545 g/mol. The zero-order chi connectivity index (χ0) is 27.2. The molecule has 0 radical (unpaired) electrons. The second-order valence-corrected chi connectivity index (χ2v) is 10.5. The molecule has 202 valence electrons. The van der Waals surface area contributed by atoms with E-state index in [-0.39, 0.29) is 29.6 Å². The van der Waals surface area contributed by atoms with Gasteiger partial charge in [0.05, 0.1) is 36.6 Å². The van der Waals surface area contributed by atoms with Crippen LogP contribution in [0.15, 0.2) is 67.0 Å². The SMILES string of the molecule is COc1ccc(C2CN(C(=O)C3CCN(c4ccccn4)CC3C#N)CCC2COc2ccc(Cl)cn2)cc1. The first-order valence-electron chi connectivity index (χ1n) is 13.3. The molecule has 4 heterocycles. The summed E-state index contributed by atoms with van der Waals surface area (Å²) in [6.07, 6.45) is 4.75. The molecule has 2 aromatic heterocycles. The van der Waals surface area contributed by atoms with Crippen LogP contribution in [-0.2, 0) is 4.79 Å². The summed E-state index contributed by atoms with van der Waals surface area (Å²) in [7, 11) is 1.65. The van der Waals surface area contributed by atoms with E-state index in [1.807, 2.05) is 35.2 Å². The Kier molecular flexibility index (Phi) is 8.48. The largest absolute Gasteiger partial charge is 0.497 e. The molecular formula is C30H32ClN5O3. The van der Waals surface area contributed by atoms with Gasteiger partial charge in [0.1, 0.15) is 11.6 Å². The van der Waals surface area contributed by atoms with Crippen LogP contribution in [0.2, 0.25) is 5.02 Å². The summed E-state index contributed by atoms with van der Waals surface area (Å²) in [6, 6.07) is 19.7. The number of halogens is 1. The lowest BCUT2D eigenvalue weighted by atomic mass is 9.79. The van der Waals surface area contributed by atoms with E-state index in [0.29, 0.717) is 50.1 Å². The summed E-state index contributed by atoms with van der Waals surface area (Å²) in [5.74, 6) is 1.80. The van der Waals surface area contributed by atoms with E-state index < -0.39 is 0 Å². The average Bonchev–Trinajstić information content (AvgIpc) is 3.00. The highest BCUT2D eigenvalue weighted by Crippen LogP contribution is 2.36. The van der Waals surface area contributed by atoms with Gasteiger partial charge in [-0.1, -0.05) is 29.8 Å². The predicted octanol–water partition coefficient (Wildman–Crippen LogP) is 4.82. The zero-order valence-electron chi connectivity index (χ0n) is 21.9. The van der Waals surface area contributed by atoms with Crippen molar-refractivity contribution >= 4 is 23.3 Å². The Morgan fingerprint density at radius 2 is 1.92 bits per heavy atom. The normalized spacial score (nSPS) is 23.1. The smallest absolute Gasteiger partial charge is 0.227 e. The molecule has 4 unspecified atom stereocenters. The van der Waals surface area contributed by atoms with Crippen LogP contribution in [0.5, 0.6) is 11.6 Å². The van der Waals surface area contributed by atoms with Crippen LogP contribution in [0, 0.1) is 29.1 Å². The fourth-order valence-electron chi connectivity index (χ4n) is 5.63. The maximum atomic E-state index is 13.8. The molecule has 3 aromatic rings. The van der Waals surface area contributed by atoms with E-state index in [1.54, 1.807) is 31.6 Å². The number of carbonyl (C=O) groups excluding carboxylic acids is 1. The van der Waals surface area contributed by atoms with Gasteiger partial charge < -0.3 is 19.3 Å². The third-order valence-electron chi connectivity index (χ3n) is 7.83. The number of methoxy groups -OCH3 is 1. The number of likely N-dealkylation sites (tertiary alicyclic amines) is 1. The summed E-state index contributed by atoms with van der Waals surface area (Å²) in [4.78, 5) is 26.6. The van der Waals surface area contributed by atoms with Gasteiger partial charge in [0, 0.05) is 56.5 Å². The number of benzene rings is 1. The second-order valence-electron chi connectivity index (χ2n) is 10.1. The Labute approximate surface area is 234 Å². The molecule has 0 N–H and O–H groups in total. The fourth-order valence-corrected chi connectivity index (χ4v) is 5.74. The third-order valence-corrected chi connectivity index (χ3v) is 8.05. The second kappa shape index (κ2) is 12.4. The van der Waals surface area contributed by atoms with Crippen molar-refractivity contribution in [2.45, 2.75) is 18.8 Å². The molecule has 1 amide bonds. The first kappa shape index (κ1) is 26.8. The highest BCUT2D eigenvalue weighted by Gasteiger charge is 2.40. The van der Waals surface area contributed by atoms with E-state index in [9.17, 15) is 10.1 Å². The molecular weight excluding hydrogens is 514 g/mol. The van der Waals surface area contributed by atoms with Crippen molar-refractivity contribution < 1.29 is 14.3 Å². The van der Waals surface area contributed by atoms with Gasteiger partial charge in [0.25, 0.3) is 0 Å². The summed E-state index contributed by atoms with van der Waals surface area (Å²) >= 11 is 5.97. The third kappa shape index (κ3) is 6.26. The molecule has 0 bridgehead atoms. The Morgan fingerprint density at radius 3 is 2.62 bits per heavy atom. The van der Waals surface area contributed by atoms with Crippen LogP contribution in [0.4, 0.5) is 5.82 Å². The van der Waals surface area contributed by atoms with Crippen LogP contribution < -0.4 is 14.4 Å². The van der Waals surface area contributed by atoms with Crippen molar-refractivity contribution in [2.75, 3.05) is 44.8 Å². The number of aromatic nitrogens is 2. The van der Waals surface area contributed by atoms with E-state index in [1.165, 1.54) is 0 Å². The zero-order valence-corrected chi connectivity index (χ0v) is 22.7. The van der Waals surface area contributed by atoms with Gasteiger partial charge in [0.2, 0.25) is 11.8 Å². The minimum Gasteiger partial charge on any atom is -0.497 e. The number of nitriles is 1. The van der Waals surface area contributed by atoms with Crippen LogP contribution >= 0.6 is 11.6 Å². The minimum absolute atomic E-state index is 0.0690. The van der Waals surface area contributed by atoms with E-state index in [4.69, 9.17) is 21.1 Å². The molecule has 2 saturated heterocycles. The number of nitrogens with zero attached hydrogens (tertiary/aromatic N) is 5. The van der Waals surface area contributed by atoms with Crippen molar-refractivity contribution in [2.24, 2.45) is 17.8 Å². The van der Waals surface area contributed by atoms with Gasteiger partial charge >= 0.3 is 0 Å². The molecule has 2 aliphatic rings. The molecule has 4 atom stereocenters. The first-order chi connectivity index (χ1) is 19.1. The van der Waals surface area contributed by atoms with Crippen LogP contribution in [0.3, 0.4) is 0 Å². The van der Waals surface area contributed by atoms with Crippen molar-refractivity contribution in [1.82, 2.24) is 14.9 Å². The predicted molar refractivity (Wildman–Crippen MR) is 149 cm³/mol. The highest BCUT2D eigenvalue weighted by atomic mass is 35.5. The highest BCUT2D eigenvalue weighted by molar-refractivity contribution is 6.30. The van der Waals surface area contributed by atoms with Gasteiger partial charge in [-0.3, -0.25) is 4.79 Å². The Hall–Kier alpha value is -3.83. The van der Waals surface area contributed by atoms with Crippen LogP contribution in [0.25, 0.3) is 0 Å². The quantitative estimate of drug-likeness (QED) is 0.420. The Balaban J connectivity index is 1.30. The topological polar surface area (TPSA) is 91.6 Å². The molecule has 39 heavy (non-hydrogen) atoms. The molecule has 2 aliphatic heterocycles. The van der Waals surface area contributed by atoms with Gasteiger partial charge in [-0.05, 0) is 48.7 Å². The van der Waals surface area contributed by atoms with Crippen molar-refractivity contribution in [3.8, 4) is 17.7 Å². The number of hydrogen-bond donors (Lipinski definition) is 0. The number of amides is 1. The number of rotatable bonds is 7. The number of hydrogen-bond acceptors (Lipinski definition) is 7. The van der Waals surface area contributed by atoms with Gasteiger partial charge in [-0.15, -0.1) is 0 Å². The van der Waals surface area contributed by atoms with Crippen LogP contribution in [-0.4, -0.2) is 60.7 Å². The standard InChI is InChI=1S/C30H32ClN5O3/c1-38-25-8-5-21(6-9-25)27-19-36(14-11-22(27)20-39-29-10-7-24(31)17-34-29)30(37)26-12-15-35(18-23(26)16-32)28-4-2-3-13-33-28/h2-10,13,17,22-23,26-27H,11-12,14-15,18-20H2,1H3. The summed E-state index contributed by atoms with van der Waals surface area (Å²) in [5, 5.41) is 10.5. The lowest BCUT2D eigenvalue weighted by molar-refractivity contribution is -0.139. The molecule has 9 heteroatoms. The molecule has 0 aliphatic carbocycles. The van der Waals surface area contributed by atoms with E-state index >= 15 is 0 Å². The lowest BCUT2D eigenvalue weighted by Gasteiger charge is -2.42. The fraction of sp³-hybridized carbons (Fsp3) is 0.400. The number of carbonyl (C=O) groups is 1. The van der Waals surface area contributed by atoms with Crippen molar-refractivity contribution in [1.29, 1.82) is 5.26 Å². The molecule has 2 fully saturated rings. The molecule has 0 saturated carbocycles. The average molecular weight is 546 g/mol. The summed E-state index contributed by atoms with van der Waals surface area (Å²) < 4.78 is 11.4. The van der Waals surface area contributed by atoms with Gasteiger partial charge in [0.15, 0.2) is 0 Å². The summed E-state index contributed by atoms with van der Waals surface area (Å²) in [6.45, 7) is 2.89. The Bertz CT molecular complexity index is 1280. The first-order valence-corrected chi connectivity index (χ1v) is 13.7. The number of pyridine rings is 2. The van der Waals surface area contributed by atoms with Crippen molar-refractivity contribution in [3.63, 3.8) is 0 Å². The Morgan fingerprint density at radius 1 is 1.08 bits per heavy atom. The molecule has 1 aromatic carbocycles.